The maximum Gasteiger partial charge on any atom is 0.0772 e. The van der Waals surface area contributed by atoms with E-state index in [2.05, 4.69) is 40.9 Å². The van der Waals surface area contributed by atoms with Gasteiger partial charge >= 0.3 is 0 Å². The van der Waals surface area contributed by atoms with Crippen LogP contribution in [0.2, 0.25) is 5.02 Å². The van der Waals surface area contributed by atoms with Gasteiger partial charge < -0.3 is 5.32 Å². The van der Waals surface area contributed by atoms with Gasteiger partial charge in [0, 0.05) is 11.1 Å². The number of likely N-dealkylation sites (N-methyl/N-ethyl adjacent to an activating group) is 1. The Kier molecular flexibility index (Phi) is 4.91. The molecule has 1 unspecified atom stereocenters. The molecule has 0 bridgehead atoms. The monoisotopic (exact) mass is 295 g/mol. The van der Waals surface area contributed by atoms with Gasteiger partial charge in [0.15, 0.2) is 0 Å². The molecule has 0 fully saturated rings. The molecule has 0 saturated carbocycles. The quantitative estimate of drug-likeness (QED) is 0.914. The molecule has 2 rings (SSSR count). The van der Waals surface area contributed by atoms with Crippen LogP contribution in [0, 0.1) is 13.8 Å². The Bertz CT molecular complexity index is 553. The molecule has 0 spiro atoms. The molecule has 102 valence electrons. The van der Waals surface area contributed by atoms with Crippen molar-refractivity contribution in [2.45, 2.75) is 33.2 Å². The van der Waals surface area contributed by atoms with E-state index in [-0.39, 0.29) is 6.04 Å². The second-order valence-electron chi connectivity index (χ2n) is 4.63. The zero-order valence-corrected chi connectivity index (χ0v) is 13.0. The van der Waals surface area contributed by atoms with E-state index in [1.54, 1.807) is 0 Å². The number of aryl methyl sites for hydroxylation is 2. The van der Waals surface area contributed by atoms with Crippen LogP contribution >= 0.6 is 23.1 Å². The van der Waals surface area contributed by atoms with Crippen molar-refractivity contribution in [2.75, 3.05) is 6.54 Å². The van der Waals surface area contributed by atoms with E-state index in [0.717, 1.165) is 29.2 Å². The first kappa shape index (κ1) is 14.4. The summed E-state index contributed by atoms with van der Waals surface area (Å²) >= 11 is 7.78. The Morgan fingerprint density at radius 3 is 2.74 bits per heavy atom. The summed E-state index contributed by atoms with van der Waals surface area (Å²) in [5, 5.41) is 8.41. The fraction of sp³-hybridized carbons (Fsp3) is 0.429. The Balaban J connectivity index is 2.24. The lowest BCUT2D eigenvalue weighted by molar-refractivity contribution is 0.555. The molecule has 0 aliphatic rings. The normalized spacial score (nSPS) is 12.6. The highest BCUT2D eigenvalue weighted by Crippen LogP contribution is 2.27. The van der Waals surface area contributed by atoms with Crippen molar-refractivity contribution in [1.82, 2.24) is 14.9 Å². The minimum Gasteiger partial charge on any atom is -0.309 e. The van der Waals surface area contributed by atoms with Gasteiger partial charge in [-0.2, -0.15) is 0 Å². The number of hydrogen-bond acceptors (Lipinski definition) is 4. The minimum atomic E-state index is 0.227. The highest BCUT2D eigenvalue weighted by atomic mass is 35.5. The molecular formula is C14H18ClN3S. The fourth-order valence-electron chi connectivity index (χ4n) is 2.10. The van der Waals surface area contributed by atoms with E-state index in [1.165, 1.54) is 22.0 Å². The maximum absolute atomic E-state index is 6.32. The predicted molar refractivity (Wildman–Crippen MR) is 81.0 cm³/mol. The van der Waals surface area contributed by atoms with Crippen molar-refractivity contribution in [3.63, 3.8) is 0 Å². The molecule has 3 nitrogen and oxygen atoms in total. The molecule has 19 heavy (non-hydrogen) atoms. The van der Waals surface area contributed by atoms with E-state index in [4.69, 9.17) is 11.6 Å². The van der Waals surface area contributed by atoms with Gasteiger partial charge in [-0.15, -0.1) is 5.10 Å². The van der Waals surface area contributed by atoms with Crippen LogP contribution in [0.25, 0.3) is 0 Å². The average molecular weight is 296 g/mol. The first-order valence-electron chi connectivity index (χ1n) is 6.39. The van der Waals surface area contributed by atoms with Crippen molar-refractivity contribution >= 4 is 23.1 Å². The van der Waals surface area contributed by atoms with Gasteiger partial charge in [-0.3, -0.25) is 0 Å². The largest absolute Gasteiger partial charge is 0.309 e. The van der Waals surface area contributed by atoms with Crippen LogP contribution in [0.4, 0.5) is 0 Å². The summed E-state index contributed by atoms with van der Waals surface area (Å²) in [6, 6.07) is 6.44. The Hall–Kier alpha value is -0.970. The highest BCUT2D eigenvalue weighted by Gasteiger charge is 2.18. The van der Waals surface area contributed by atoms with Crippen molar-refractivity contribution < 1.29 is 0 Å². The molecule has 1 aromatic heterocycles. The van der Waals surface area contributed by atoms with Crippen LogP contribution in [0.1, 0.15) is 34.7 Å². The fourth-order valence-corrected chi connectivity index (χ4v) is 3.13. The lowest BCUT2D eigenvalue weighted by Gasteiger charge is -2.17. The van der Waals surface area contributed by atoms with Gasteiger partial charge in [0.1, 0.15) is 0 Å². The lowest BCUT2D eigenvalue weighted by Crippen LogP contribution is -2.23. The van der Waals surface area contributed by atoms with Crippen molar-refractivity contribution in [3.8, 4) is 0 Å². The zero-order chi connectivity index (χ0) is 13.8. The lowest BCUT2D eigenvalue weighted by atomic mass is 10.0. The van der Waals surface area contributed by atoms with Crippen molar-refractivity contribution in [1.29, 1.82) is 0 Å². The SMILES string of the molecule is CCNC(Cc1ccc(C)cc1Cl)c1snnc1C. The number of benzene rings is 1. The first-order valence-corrected chi connectivity index (χ1v) is 7.54. The third-order valence-corrected chi connectivity index (χ3v) is 4.38. The minimum absolute atomic E-state index is 0.227. The number of nitrogens with one attached hydrogen (secondary N) is 1. The van der Waals surface area contributed by atoms with Crippen molar-refractivity contribution in [3.05, 3.63) is 44.9 Å². The van der Waals surface area contributed by atoms with Crippen LogP contribution in [0.5, 0.6) is 0 Å². The number of rotatable bonds is 5. The molecule has 0 aliphatic heterocycles. The number of nitrogens with zero attached hydrogens (tertiary/aromatic N) is 2. The van der Waals surface area contributed by atoms with E-state index in [0.29, 0.717) is 0 Å². The summed E-state index contributed by atoms with van der Waals surface area (Å²) in [6.07, 6.45) is 0.859. The third-order valence-electron chi connectivity index (χ3n) is 3.09. The molecule has 2 aromatic rings. The molecule has 0 aliphatic carbocycles. The second kappa shape index (κ2) is 6.46. The summed E-state index contributed by atoms with van der Waals surface area (Å²) in [4.78, 5) is 1.19. The van der Waals surface area contributed by atoms with Crippen LogP contribution < -0.4 is 5.32 Å². The van der Waals surface area contributed by atoms with Gasteiger partial charge in [0.25, 0.3) is 0 Å². The summed E-state index contributed by atoms with van der Waals surface area (Å²) in [5.41, 5.74) is 3.34. The molecule has 0 saturated heterocycles. The van der Waals surface area contributed by atoms with E-state index >= 15 is 0 Å². The van der Waals surface area contributed by atoms with Crippen LogP contribution in [0.3, 0.4) is 0 Å². The van der Waals surface area contributed by atoms with E-state index in [9.17, 15) is 0 Å². The molecule has 1 aromatic carbocycles. The molecular weight excluding hydrogens is 278 g/mol. The molecule has 0 radical (unpaired) electrons. The Labute approximate surface area is 123 Å². The van der Waals surface area contributed by atoms with E-state index in [1.807, 2.05) is 13.0 Å². The summed E-state index contributed by atoms with van der Waals surface area (Å²) < 4.78 is 4.02. The van der Waals surface area contributed by atoms with Crippen LogP contribution in [-0.2, 0) is 6.42 Å². The average Bonchev–Trinajstić information content (AvgIpc) is 2.78. The topological polar surface area (TPSA) is 37.8 Å². The predicted octanol–water partition coefficient (Wildman–Crippen LogP) is 3.70. The number of halogens is 1. The summed E-state index contributed by atoms with van der Waals surface area (Å²) in [7, 11) is 0. The zero-order valence-electron chi connectivity index (χ0n) is 11.4. The number of aromatic nitrogens is 2. The Morgan fingerprint density at radius 1 is 1.37 bits per heavy atom. The Morgan fingerprint density at radius 2 is 2.16 bits per heavy atom. The number of hydrogen-bond donors (Lipinski definition) is 1. The molecule has 0 amide bonds. The smallest absolute Gasteiger partial charge is 0.0772 e. The van der Waals surface area contributed by atoms with Gasteiger partial charge in [-0.1, -0.05) is 35.1 Å². The molecule has 5 heteroatoms. The summed E-state index contributed by atoms with van der Waals surface area (Å²) in [5.74, 6) is 0. The molecule has 1 atom stereocenters. The van der Waals surface area contributed by atoms with Crippen LogP contribution in [0.15, 0.2) is 18.2 Å². The highest BCUT2D eigenvalue weighted by molar-refractivity contribution is 7.05. The van der Waals surface area contributed by atoms with Gasteiger partial charge in [0.2, 0.25) is 0 Å². The first-order chi connectivity index (χ1) is 9.11. The van der Waals surface area contributed by atoms with E-state index < -0.39 is 0 Å². The van der Waals surface area contributed by atoms with Gasteiger partial charge in [0.05, 0.1) is 10.6 Å². The second-order valence-corrected chi connectivity index (χ2v) is 5.82. The summed E-state index contributed by atoms with van der Waals surface area (Å²) in [6.45, 7) is 7.06. The molecule has 1 N–H and O–H groups in total. The maximum atomic E-state index is 6.32. The third kappa shape index (κ3) is 3.53. The van der Waals surface area contributed by atoms with Gasteiger partial charge in [-0.05, 0) is 55.5 Å². The van der Waals surface area contributed by atoms with Crippen LogP contribution in [-0.4, -0.2) is 16.1 Å². The van der Waals surface area contributed by atoms with Crippen molar-refractivity contribution in [2.24, 2.45) is 0 Å². The van der Waals surface area contributed by atoms with Gasteiger partial charge in [-0.25, -0.2) is 0 Å². The standard InChI is InChI=1S/C14H18ClN3S/c1-4-16-13(14-10(3)17-18-19-14)8-11-6-5-9(2)7-12(11)15/h5-7,13,16H,4,8H2,1-3H3. The molecule has 1 heterocycles.